The molecule has 14 heavy (non-hydrogen) atoms. The third-order valence-electron chi connectivity index (χ3n) is 1.52. The van der Waals surface area contributed by atoms with Crippen LogP contribution in [-0.2, 0) is 0 Å². The maximum Gasteiger partial charge on any atom is 0.287 e. The van der Waals surface area contributed by atoms with Crippen LogP contribution in [0.3, 0.4) is 0 Å². The molecule has 0 aliphatic carbocycles. The van der Waals surface area contributed by atoms with Crippen molar-refractivity contribution >= 4 is 5.69 Å². The normalized spacial score (nSPS) is 12.9. The maximum atomic E-state index is 11.9. The van der Waals surface area contributed by atoms with Crippen LogP contribution in [0.4, 0.5) is 14.5 Å². The molecule has 7 heteroatoms. The van der Waals surface area contributed by atoms with Crippen LogP contribution in [0.15, 0.2) is 18.3 Å². The first-order chi connectivity index (χ1) is 6.52. The van der Waals surface area contributed by atoms with Crippen LogP contribution < -0.4 is 0 Å². The topological polar surface area (TPSA) is 76.3 Å². The van der Waals surface area contributed by atoms with Crippen molar-refractivity contribution in [1.29, 1.82) is 0 Å². The monoisotopic (exact) mass is 204 g/mol. The largest absolute Gasteiger partial charge is 0.381 e. The molecule has 0 bridgehead atoms. The number of rotatable bonds is 3. The van der Waals surface area contributed by atoms with Gasteiger partial charge in [0.2, 0.25) is 0 Å². The number of nitrogens with zero attached hydrogens (tertiary/aromatic N) is 2. The van der Waals surface area contributed by atoms with Crippen molar-refractivity contribution in [2.24, 2.45) is 0 Å². The minimum Gasteiger partial charge on any atom is -0.381 e. The molecule has 0 radical (unpaired) electrons. The quantitative estimate of drug-likeness (QED) is 0.594. The second kappa shape index (κ2) is 4.05. The van der Waals surface area contributed by atoms with Gasteiger partial charge in [-0.2, -0.15) is 0 Å². The van der Waals surface area contributed by atoms with Crippen LogP contribution in [0, 0.1) is 10.1 Å². The standard InChI is InChI=1S/C7H6F2N2O3/c8-7(9)6(12)5-2-1-4(3-10-5)11(13)14/h1-3,6-7,12H. The molecule has 1 N–H and O–H groups in total. The minimum atomic E-state index is -2.95. The van der Waals surface area contributed by atoms with E-state index in [1.165, 1.54) is 0 Å². The van der Waals surface area contributed by atoms with Crippen LogP contribution in [0.1, 0.15) is 11.8 Å². The number of hydrogen-bond donors (Lipinski definition) is 1. The van der Waals surface area contributed by atoms with Crippen LogP contribution >= 0.6 is 0 Å². The highest BCUT2D eigenvalue weighted by Crippen LogP contribution is 2.19. The van der Waals surface area contributed by atoms with Gasteiger partial charge in [-0.3, -0.25) is 15.1 Å². The Bertz CT molecular complexity index is 328. The van der Waals surface area contributed by atoms with Crippen molar-refractivity contribution < 1.29 is 18.8 Å². The number of nitro groups is 1. The van der Waals surface area contributed by atoms with Gasteiger partial charge in [0, 0.05) is 6.07 Å². The number of alkyl halides is 2. The number of aromatic nitrogens is 1. The lowest BCUT2D eigenvalue weighted by atomic mass is 10.2. The molecule has 1 aromatic rings. The Hall–Kier alpha value is -1.63. The second-order valence-corrected chi connectivity index (χ2v) is 2.48. The Balaban J connectivity index is 2.88. The van der Waals surface area contributed by atoms with Gasteiger partial charge < -0.3 is 5.11 Å². The molecule has 0 fully saturated rings. The van der Waals surface area contributed by atoms with E-state index in [4.69, 9.17) is 5.11 Å². The molecule has 1 aromatic heterocycles. The van der Waals surface area contributed by atoms with E-state index in [-0.39, 0.29) is 11.4 Å². The summed E-state index contributed by atoms with van der Waals surface area (Å²) in [6, 6.07) is 2.00. The third kappa shape index (κ3) is 2.19. The number of hydrogen-bond acceptors (Lipinski definition) is 4. The molecule has 0 spiro atoms. The van der Waals surface area contributed by atoms with Crippen molar-refractivity contribution in [2.75, 3.05) is 0 Å². The molecule has 1 rings (SSSR count). The van der Waals surface area contributed by atoms with Crippen LogP contribution in [0.25, 0.3) is 0 Å². The summed E-state index contributed by atoms with van der Waals surface area (Å²) in [5.41, 5.74) is -0.596. The van der Waals surface area contributed by atoms with E-state index in [2.05, 4.69) is 4.98 Å². The van der Waals surface area contributed by atoms with Gasteiger partial charge >= 0.3 is 0 Å². The molecule has 5 nitrogen and oxygen atoms in total. The van der Waals surface area contributed by atoms with E-state index in [0.29, 0.717) is 0 Å². The highest BCUT2D eigenvalue weighted by molar-refractivity contribution is 5.27. The maximum absolute atomic E-state index is 11.9. The molecule has 0 aliphatic heterocycles. The summed E-state index contributed by atoms with van der Waals surface area (Å²) in [7, 11) is 0. The number of aliphatic hydroxyl groups is 1. The van der Waals surface area contributed by atoms with E-state index in [1.54, 1.807) is 0 Å². The van der Waals surface area contributed by atoms with Gasteiger partial charge in [0.05, 0.1) is 10.6 Å². The van der Waals surface area contributed by atoms with Gasteiger partial charge in [-0.15, -0.1) is 0 Å². The van der Waals surface area contributed by atoms with Gasteiger partial charge in [0.15, 0.2) is 6.10 Å². The van der Waals surface area contributed by atoms with Crippen LogP contribution in [-0.4, -0.2) is 21.4 Å². The predicted octanol–water partition coefficient (Wildman–Crippen LogP) is 1.29. The zero-order valence-corrected chi connectivity index (χ0v) is 6.80. The van der Waals surface area contributed by atoms with E-state index < -0.39 is 17.5 Å². The van der Waals surface area contributed by atoms with Gasteiger partial charge in [0.1, 0.15) is 6.20 Å². The number of halogens is 2. The Morgan fingerprint density at radius 2 is 2.14 bits per heavy atom. The summed E-state index contributed by atoms with van der Waals surface area (Å²) >= 11 is 0. The second-order valence-electron chi connectivity index (χ2n) is 2.48. The molecule has 0 aromatic carbocycles. The fraction of sp³-hybridized carbons (Fsp3) is 0.286. The number of pyridine rings is 1. The summed E-state index contributed by atoms with van der Waals surface area (Å²) in [5, 5.41) is 19.0. The van der Waals surface area contributed by atoms with Crippen molar-refractivity contribution in [3.63, 3.8) is 0 Å². The van der Waals surface area contributed by atoms with Crippen LogP contribution in [0.5, 0.6) is 0 Å². The summed E-state index contributed by atoms with van der Waals surface area (Å²) in [6.07, 6.45) is -4.14. The van der Waals surface area contributed by atoms with Crippen molar-refractivity contribution in [2.45, 2.75) is 12.5 Å². The van der Waals surface area contributed by atoms with Gasteiger partial charge in [-0.05, 0) is 6.07 Å². The molecular weight excluding hydrogens is 198 g/mol. The highest BCUT2D eigenvalue weighted by Gasteiger charge is 2.21. The fourth-order valence-electron chi connectivity index (χ4n) is 0.810. The molecule has 1 atom stereocenters. The third-order valence-corrected chi connectivity index (χ3v) is 1.52. The summed E-state index contributed by atoms with van der Waals surface area (Å²) in [5.74, 6) is 0. The van der Waals surface area contributed by atoms with Crippen molar-refractivity contribution in [3.8, 4) is 0 Å². The molecule has 0 saturated carbocycles. The molecular formula is C7H6F2N2O3. The molecule has 1 unspecified atom stereocenters. The smallest absolute Gasteiger partial charge is 0.287 e. The molecule has 76 valence electrons. The Morgan fingerprint density at radius 3 is 2.50 bits per heavy atom. The SMILES string of the molecule is O=[N+]([O-])c1ccc(C(O)C(F)F)nc1. The fourth-order valence-corrected chi connectivity index (χ4v) is 0.810. The zero-order chi connectivity index (χ0) is 10.7. The average Bonchev–Trinajstić information content (AvgIpc) is 2.16. The lowest BCUT2D eigenvalue weighted by molar-refractivity contribution is -0.385. The molecule has 1 heterocycles. The summed E-state index contributed by atoms with van der Waals surface area (Å²) in [4.78, 5) is 12.8. The van der Waals surface area contributed by atoms with Crippen LogP contribution in [0.2, 0.25) is 0 Å². The Kier molecular flexibility index (Phi) is 3.03. The van der Waals surface area contributed by atoms with E-state index in [0.717, 1.165) is 18.3 Å². The first-order valence-electron chi connectivity index (χ1n) is 3.59. The average molecular weight is 204 g/mol. The molecule has 0 amide bonds. The van der Waals surface area contributed by atoms with Gasteiger partial charge in [0.25, 0.3) is 12.1 Å². The number of aliphatic hydroxyl groups excluding tert-OH is 1. The lowest BCUT2D eigenvalue weighted by Crippen LogP contribution is -2.09. The Labute approximate surface area is 77.2 Å². The zero-order valence-electron chi connectivity index (χ0n) is 6.80. The van der Waals surface area contributed by atoms with Crippen molar-refractivity contribution in [3.05, 3.63) is 34.1 Å². The lowest BCUT2D eigenvalue weighted by Gasteiger charge is -2.07. The summed E-state index contributed by atoms with van der Waals surface area (Å²) in [6.45, 7) is 0. The van der Waals surface area contributed by atoms with E-state index >= 15 is 0 Å². The van der Waals surface area contributed by atoms with Crippen molar-refractivity contribution in [1.82, 2.24) is 4.98 Å². The molecule has 0 saturated heterocycles. The first kappa shape index (κ1) is 10.5. The predicted molar refractivity (Wildman–Crippen MR) is 41.9 cm³/mol. The van der Waals surface area contributed by atoms with Gasteiger partial charge in [-0.1, -0.05) is 0 Å². The highest BCUT2D eigenvalue weighted by atomic mass is 19.3. The van der Waals surface area contributed by atoms with E-state index in [9.17, 15) is 18.9 Å². The minimum absolute atomic E-state index is 0.286. The van der Waals surface area contributed by atoms with E-state index in [1.807, 2.05) is 0 Å². The molecule has 0 aliphatic rings. The van der Waals surface area contributed by atoms with Gasteiger partial charge in [-0.25, -0.2) is 8.78 Å². The summed E-state index contributed by atoms with van der Waals surface area (Å²) < 4.78 is 23.9. The first-order valence-corrected chi connectivity index (χ1v) is 3.59. The Morgan fingerprint density at radius 1 is 1.50 bits per heavy atom.